The predicted octanol–water partition coefficient (Wildman–Crippen LogP) is 7.75. The summed E-state index contributed by atoms with van der Waals surface area (Å²) in [6, 6.07) is 8.37. The van der Waals surface area contributed by atoms with Crippen LogP contribution in [0.4, 0.5) is 36.3 Å². The average molecular weight is 692 g/mol. The molecule has 2 heterocycles. The van der Waals surface area contributed by atoms with Crippen molar-refractivity contribution in [2.75, 3.05) is 38.0 Å². The monoisotopic (exact) mass is 691 g/mol. The molecule has 11 nitrogen and oxygen atoms in total. The van der Waals surface area contributed by atoms with Crippen molar-refractivity contribution in [3.8, 4) is 5.75 Å². The topological polar surface area (TPSA) is 135 Å². The van der Waals surface area contributed by atoms with E-state index >= 15 is 0 Å². The number of carbonyl (C=O) groups excluding carboxylic acids is 1. The fraction of sp³-hybridized carbons (Fsp3) is 0.485. The molecule has 1 aromatic heterocycles. The van der Waals surface area contributed by atoms with Crippen molar-refractivity contribution in [2.45, 2.75) is 76.9 Å². The lowest BCUT2D eigenvalue weighted by Crippen LogP contribution is -2.29. The van der Waals surface area contributed by atoms with Crippen molar-refractivity contribution in [2.24, 2.45) is 0 Å². The molecule has 48 heavy (non-hydrogen) atoms. The summed E-state index contributed by atoms with van der Waals surface area (Å²) in [4.78, 5) is 23.0. The van der Waals surface area contributed by atoms with Crippen LogP contribution in [0.2, 0.25) is 0 Å². The maximum atomic E-state index is 14.2. The number of alkyl halides is 3. The summed E-state index contributed by atoms with van der Waals surface area (Å²) in [7, 11) is -0.325. The number of methoxy groups -OCH3 is 1. The molecule has 0 atom stereocenters. The summed E-state index contributed by atoms with van der Waals surface area (Å²) in [5, 5.41) is 16.2. The molecule has 1 fully saturated rings. The molecule has 0 bridgehead atoms. The number of hydrogen-bond acceptors (Lipinski definition) is 10. The quantitative estimate of drug-likeness (QED) is 0.162. The van der Waals surface area contributed by atoms with Gasteiger partial charge in [-0.05, 0) is 87.3 Å². The first-order chi connectivity index (χ1) is 22.7. The van der Waals surface area contributed by atoms with Crippen LogP contribution in [0.15, 0.2) is 36.5 Å². The van der Waals surface area contributed by atoms with Gasteiger partial charge in [-0.1, -0.05) is 12.1 Å². The predicted molar refractivity (Wildman–Crippen MR) is 175 cm³/mol. The van der Waals surface area contributed by atoms with Gasteiger partial charge >= 0.3 is 13.8 Å². The molecule has 3 N–H and O–H groups in total. The molecular weight excluding hydrogens is 650 g/mol. The molecule has 1 aliphatic heterocycles. The summed E-state index contributed by atoms with van der Waals surface area (Å²) >= 11 is 0. The Kier molecular flexibility index (Phi) is 10.4. The molecule has 1 saturated carbocycles. The minimum atomic E-state index is -4.79. The highest BCUT2D eigenvalue weighted by Crippen LogP contribution is 2.52. The molecule has 2 aromatic carbocycles. The number of aromatic nitrogens is 2. The van der Waals surface area contributed by atoms with E-state index in [4.69, 9.17) is 13.8 Å². The number of nitrogens with one attached hydrogen (secondary N) is 2. The number of aliphatic hydroxyl groups is 1. The highest BCUT2D eigenvalue weighted by molar-refractivity contribution is 7.53. The van der Waals surface area contributed by atoms with E-state index in [1.54, 1.807) is 45.2 Å². The van der Waals surface area contributed by atoms with E-state index in [9.17, 15) is 27.6 Å². The summed E-state index contributed by atoms with van der Waals surface area (Å²) in [5.41, 5.74) is 1.36. The lowest BCUT2D eigenvalue weighted by atomic mass is 9.75. The largest absolute Gasteiger partial charge is 0.495 e. The molecule has 0 spiro atoms. The van der Waals surface area contributed by atoms with Gasteiger partial charge in [-0.25, -0.2) is 4.98 Å². The van der Waals surface area contributed by atoms with Crippen LogP contribution < -0.4 is 15.4 Å². The van der Waals surface area contributed by atoms with E-state index in [2.05, 4.69) is 20.6 Å². The Balaban J connectivity index is 1.46. The molecule has 260 valence electrons. The minimum Gasteiger partial charge on any atom is -0.495 e. The summed E-state index contributed by atoms with van der Waals surface area (Å²) in [6.07, 6.45) is -1.39. The van der Waals surface area contributed by atoms with Gasteiger partial charge in [0.2, 0.25) is 5.95 Å². The van der Waals surface area contributed by atoms with Crippen molar-refractivity contribution >= 4 is 36.6 Å². The molecule has 5 rings (SSSR count). The number of ether oxygens (including phenoxy) is 1. The Morgan fingerprint density at radius 1 is 1.08 bits per heavy atom. The maximum absolute atomic E-state index is 14.2. The lowest BCUT2D eigenvalue weighted by Gasteiger charge is -2.34. The van der Waals surface area contributed by atoms with Crippen LogP contribution in [0.25, 0.3) is 0 Å². The maximum Gasteiger partial charge on any atom is 0.421 e. The zero-order valence-corrected chi connectivity index (χ0v) is 28.5. The number of amides is 1. The van der Waals surface area contributed by atoms with E-state index < -0.39 is 30.8 Å². The fourth-order valence-electron chi connectivity index (χ4n) is 6.29. The van der Waals surface area contributed by atoms with Gasteiger partial charge in [0.15, 0.2) is 0 Å². The molecular formula is C33H41F3N5O6P. The van der Waals surface area contributed by atoms with E-state index in [1.165, 1.54) is 12.0 Å². The third-order valence-corrected chi connectivity index (χ3v) is 10.8. The van der Waals surface area contributed by atoms with Crippen molar-refractivity contribution in [1.82, 2.24) is 14.9 Å². The number of hydrogen-bond donors (Lipinski definition) is 3. The second-order valence-electron chi connectivity index (χ2n) is 12.3. The highest BCUT2D eigenvalue weighted by Gasteiger charge is 2.38. The first-order valence-electron chi connectivity index (χ1n) is 15.8. The first-order valence-corrected chi connectivity index (χ1v) is 17.6. The zero-order chi connectivity index (χ0) is 34.9. The minimum absolute atomic E-state index is 0.00521. The van der Waals surface area contributed by atoms with Gasteiger partial charge in [0.1, 0.15) is 17.1 Å². The van der Waals surface area contributed by atoms with Crippen molar-refractivity contribution in [1.29, 1.82) is 0 Å². The van der Waals surface area contributed by atoms with Gasteiger partial charge in [-0.3, -0.25) is 9.36 Å². The standard InChI is InChI=1S/C33H41F3N5O6P/c1-6-46-48(44,47-7-2)19-20-8-10-25(27(16-20)45-5)39-31-37-17-24(33(34,35)36)29(40-31)38-26-11-9-22(21-12-14-32(3,43)15-13-21)23-18-41(4)30(42)28(23)26/h8-11,16-17,21,43H,6-7,12-15,18-19H2,1-5H3,(H2,37,38,39,40)/t21-,32-. The smallest absolute Gasteiger partial charge is 0.421 e. The summed E-state index contributed by atoms with van der Waals surface area (Å²) in [6.45, 7) is 5.99. The molecule has 0 saturated heterocycles. The Hall–Kier alpha value is -3.71. The van der Waals surface area contributed by atoms with Crippen LogP contribution in [0, 0.1) is 0 Å². The number of halogens is 3. The van der Waals surface area contributed by atoms with E-state index in [0.29, 0.717) is 48.1 Å². The molecule has 0 radical (unpaired) electrons. The molecule has 3 aromatic rings. The van der Waals surface area contributed by atoms with E-state index in [0.717, 1.165) is 24.0 Å². The lowest BCUT2D eigenvalue weighted by molar-refractivity contribution is -0.137. The van der Waals surface area contributed by atoms with Gasteiger partial charge < -0.3 is 34.4 Å². The van der Waals surface area contributed by atoms with Gasteiger partial charge in [0, 0.05) is 19.8 Å². The van der Waals surface area contributed by atoms with E-state index in [1.807, 2.05) is 13.0 Å². The fourth-order valence-corrected chi connectivity index (χ4v) is 7.98. The second-order valence-corrected chi connectivity index (χ2v) is 14.4. The van der Waals surface area contributed by atoms with Crippen LogP contribution in [-0.4, -0.2) is 58.9 Å². The van der Waals surface area contributed by atoms with Gasteiger partial charge in [0.05, 0.1) is 49.0 Å². The number of nitrogens with zero attached hydrogens (tertiary/aromatic N) is 3. The Bertz CT molecular complexity index is 1700. The summed E-state index contributed by atoms with van der Waals surface area (Å²) < 4.78 is 71.9. The normalized spacial score (nSPS) is 19.7. The van der Waals surface area contributed by atoms with Crippen molar-refractivity contribution in [3.05, 3.63) is 64.3 Å². The van der Waals surface area contributed by atoms with Crippen LogP contribution in [-0.2, 0) is 32.5 Å². The van der Waals surface area contributed by atoms with Crippen LogP contribution in [0.3, 0.4) is 0 Å². The highest BCUT2D eigenvalue weighted by atomic mass is 31.2. The number of rotatable bonds is 12. The number of fused-ring (bicyclic) bond motifs is 1. The molecule has 2 aliphatic rings. The second kappa shape index (κ2) is 14.0. The van der Waals surface area contributed by atoms with E-state index in [-0.39, 0.29) is 42.8 Å². The van der Waals surface area contributed by atoms with Crippen LogP contribution >= 0.6 is 7.60 Å². The third kappa shape index (κ3) is 7.78. The Morgan fingerprint density at radius 3 is 2.38 bits per heavy atom. The average Bonchev–Trinajstić information content (AvgIpc) is 3.32. The van der Waals surface area contributed by atoms with Crippen LogP contribution in [0.5, 0.6) is 5.75 Å². The number of anilines is 4. The Morgan fingerprint density at radius 2 is 1.75 bits per heavy atom. The Labute approximate surface area is 277 Å². The van der Waals surface area contributed by atoms with Crippen molar-refractivity contribution < 1.29 is 41.4 Å². The number of carbonyl (C=O) groups is 1. The molecule has 0 unspecified atom stereocenters. The van der Waals surface area contributed by atoms with Gasteiger partial charge in [-0.15, -0.1) is 0 Å². The summed E-state index contributed by atoms with van der Waals surface area (Å²) in [5.74, 6) is -0.565. The first kappa shape index (κ1) is 35.6. The molecule has 1 aliphatic carbocycles. The number of benzene rings is 2. The third-order valence-electron chi connectivity index (χ3n) is 8.70. The molecule has 1 amide bonds. The van der Waals surface area contributed by atoms with Gasteiger partial charge in [0.25, 0.3) is 5.91 Å². The van der Waals surface area contributed by atoms with Gasteiger partial charge in [-0.2, -0.15) is 18.2 Å². The molecule has 15 heteroatoms. The van der Waals surface area contributed by atoms with Crippen LogP contribution in [0.1, 0.15) is 85.0 Å². The zero-order valence-electron chi connectivity index (χ0n) is 27.6. The van der Waals surface area contributed by atoms with Crippen molar-refractivity contribution in [3.63, 3.8) is 0 Å². The SMILES string of the molecule is CCOP(=O)(Cc1ccc(Nc2ncc(C(F)(F)F)c(Nc3ccc([C@H]4CC[C@](C)(O)CC4)c4c3C(=O)N(C)C4)n2)c(OC)c1)OCC.